The largest absolute Gasteiger partial charge is 0.375 e. The number of rotatable bonds is 9. The third-order valence-corrected chi connectivity index (χ3v) is 11.5. The molecule has 1 saturated heterocycles. The molecule has 290 valence electrons. The number of nitrogens with zero attached hydrogens (tertiary/aromatic N) is 1. The van der Waals surface area contributed by atoms with Crippen LogP contribution in [0, 0.1) is 17.8 Å². The first-order valence-corrected chi connectivity index (χ1v) is 19.6. The van der Waals surface area contributed by atoms with Crippen molar-refractivity contribution < 1.29 is 33.4 Å². The molecule has 5 amide bonds. The van der Waals surface area contributed by atoms with E-state index < -0.39 is 66.0 Å². The molecule has 3 aliphatic carbocycles. The third-order valence-electron chi connectivity index (χ3n) is 11.5. The summed E-state index contributed by atoms with van der Waals surface area (Å²) in [6.45, 7) is 5.14. The standard InChI is InChI=1S/C37H65N7O7/c1-5-12-30-35(47)43-32(25-15-10-7-11-16-25)36(48)41-28(20-38)33(45)42-29(21-50-27-18-26(39)19-27)34(46)40-23(3)51-31(22(2)37(49)44(30)4)17-24-13-8-6-9-14-24/h22-32H,5-21,38-39H2,1-4H3,(H,40,46)(H,41,48)(H,42,45)(H,43,47)/t22-,23+,26-,27-,28+,29+,30+,31-,32+/m1/s1. The van der Waals surface area contributed by atoms with Crippen molar-refractivity contribution in [3.05, 3.63) is 0 Å². The van der Waals surface area contributed by atoms with Crippen molar-refractivity contribution in [2.45, 2.75) is 166 Å². The summed E-state index contributed by atoms with van der Waals surface area (Å²) in [6, 6.07) is -3.98. The molecule has 7 atom stereocenters. The summed E-state index contributed by atoms with van der Waals surface area (Å²) in [4.78, 5) is 71.2. The summed E-state index contributed by atoms with van der Waals surface area (Å²) < 4.78 is 12.5. The van der Waals surface area contributed by atoms with E-state index in [9.17, 15) is 24.0 Å². The number of likely N-dealkylation sites (N-methyl/N-ethyl adjacent to an activating group) is 1. The van der Waals surface area contributed by atoms with Gasteiger partial charge >= 0.3 is 0 Å². The van der Waals surface area contributed by atoms with Crippen molar-refractivity contribution in [1.82, 2.24) is 26.2 Å². The van der Waals surface area contributed by atoms with Gasteiger partial charge in [-0.1, -0.05) is 71.6 Å². The number of nitrogens with two attached hydrogens (primary N) is 2. The molecular weight excluding hydrogens is 654 g/mol. The van der Waals surface area contributed by atoms with E-state index in [1.54, 1.807) is 14.0 Å². The van der Waals surface area contributed by atoms with Crippen LogP contribution in [0.1, 0.15) is 117 Å². The van der Waals surface area contributed by atoms with Crippen molar-refractivity contribution in [3.63, 3.8) is 0 Å². The highest BCUT2D eigenvalue weighted by Gasteiger charge is 2.40. The van der Waals surface area contributed by atoms with Crippen LogP contribution in [0.25, 0.3) is 0 Å². The van der Waals surface area contributed by atoms with Crippen LogP contribution in [0.4, 0.5) is 0 Å². The van der Waals surface area contributed by atoms with Crippen LogP contribution in [0.3, 0.4) is 0 Å². The van der Waals surface area contributed by atoms with E-state index in [0.717, 1.165) is 57.8 Å². The second-order valence-corrected chi connectivity index (χ2v) is 15.5. The monoisotopic (exact) mass is 719 g/mol. The molecule has 14 heteroatoms. The van der Waals surface area contributed by atoms with Gasteiger partial charge in [0.15, 0.2) is 0 Å². The van der Waals surface area contributed by atoms with Gasteiger partial charge in [-0.15, -0.1) is 0 Å². The first-order chi connectivity index (χ1) is 24.4. The van der Waals surface area contributed by atoms with E-state index in [1.165, 1.54) is 11.3 Å². The smallest absolute Gasteiger partial charge is 0.246 e. The maximum absolute atomic E-state index is 14.2. The Bertz CT molecular complexity index is 1170. The summed E-state index contributed by atoms with van der Waals surface area (Å²) in [5.74, 6) is -2.71. The first kappa shape index (κ1) is 41.0. The van der Waals surface area contributed by atoms with E-state index >= 15 is 0 Å². The van der Waals surface area contributed by atoms with Gasteiger partial charge in [0.25, 0.3) is 0 Å². The number of hydrogen-bond acceptors (Lipinski definition) is 9. The Balaban J connectivity index is 1.66. The number of carbonyl (C=O) groups excluding carboxylic acids is 5. The van der Waals surface area contributed by atoms with Gasteiger partial charge < -0.3 is 47.1 Å². The van der Waals surface area contributed by atoms with Crippen molar-refractivity contribution in [2.24, 2.45) is 29.2 Å². The lowest BCUT2D eigenvalue weighted by Gasteiger charge is -2.37. The predicted octanol–water partition coefficient (Wildman–Crippen LogP) is 1.58. The molecular formula is C37H65N7O7. The lowest BCUT2D eigenvalue weighted by Crippen LogP contribution is -2.62. The van der Waals surface area contributed by atoms with Crippen molar-refractivity contribution in [1.29, 1.82) is 0 Å². The predicted molar refractivity (Wildman–Crippen MR) is 193 cm³/mol. The SMILES string of the molecule is CCC[C@H]1C(=O)N[C@@H](C2CCCCC2)C(=O)N[C@@H](CN)C(=O)N[C@@H](CO[C@H]2C[C@H](N)C2)C(=O)N[C@H](C)O[C@H](CC2CCCCC2)[C@@H](C)C(=O)N1C. The van der Waals surface area contributed by atoms with Crippen molar-refractivity contribution in [3.8, 4) is 0 Å². The highest BCUT2D eigenvalue weighted by atomic mass is 16.5. The van der Waals surface area contributed by atoms with Gasteiger partial charge in [0, 0.05) is 19.6 Å². The molecule has 4 aliphatic rings. The fourth-order valence-corrected chi connectivity index (χ4v) is 8.17. The van der Waals surface area contributed by atoms with Crippen LogP contribution in [-0.4, -0.2) is 103 Å². The van der Waals surface area contributed by atoms with E-state index in [1.807, 2.05) is 13.8 Å². The molecule has 51 heavy (non-hydrogen) atoms. The Kier molecular flexibility index (Phi) is 16.0. The topological polar surface area (TPSA) is 207 Å². The van der Waals surface area contributed by atoms with Crippen molar-refractivity contribution >= 4 is 29.5 Å². The van der Waals surface area contributed by atoms with Crippen LogP contribution in [0.5, 0.6) is 0 Å². The molecule has 1 aliphatic heterocycles. The molecule has 0 aromatic carbocycles. The van der Waals surface area contributed by atoms with Crippen LogP contribution in [0.2, 0.25) is 0 Å². The molecule has 0 radical (unpaired) electrons. The summed E-state index contributed by atoms with van der Waals surface area (Å²) >= 11 is 0. The van der Waals surface area contributed by atoms with E-state index in [-0.39, 0.29) is 37.1 Å². The van der Waals surface area contributed by atoms with Gasteiger partial charge in [0.2, 0.25) is 29.5 Å². The van der Waals surface area contributed by atoms with E-state index in [0.29, 0.717) is 38.0 Å². The van der Waals surface area contributed by atoms with Gasteiger partial charge in [0.05, 0.1) is 24.7 Å². The number of ether oxygens (including phenoxy) is 2. The van der Waals surface area contributed by atoms with Gasteiger partial charge in [-0.05, 0) is 57.3 Å². The molecule has 14 nitrogen and oxygen atoms in total. The Labute approximate surface area is 304 Å². The maximum atomic E-state index is 14.2. The molecule has 0 unspecified atom stereocenters. The fourth-order valence-electron chi connectivity index (χ4n) is 8.17. The molecule has 0 aromatic heterocycles. The minimum Gasteiger partial charge on any atom is -0.375 e. The number of hydrogen-bond donors (Lipinski definition) is 6. The second kappa shape index (κ2) is 19.9. The average molecular weight is 720 g/mol. The molecule has 4 rings (SSSR count). The lowest BCUT2D eigenvalue weighted by atomic mass is 9.82. The summed E-state index contributed by atoms with van der Waals surface area (Å²) in [5.41, 5.74) is 12.0. The zero-order valence-electron chi connectivity index (χ0n) is 31.3. The fraction of sp³-hybridized carbons (Fsp3) is 0.865. The molecule has 4 fully saturated rings. The molecule has 0 spiro atoms. The van der Waals surface area contributed by atoms with Crippen LogP contribution >= 0.6 is 0 Å². The van der Waals surface area contributed by atoms with Gasteiger partial charge in [-0.3, -0.25) is 24.0 Å². The second-order valence-electron chi connectivity index (χ2n) is 15.5. The highest BCUT2D eigenvalue weighted by molar-refractivity contribution is 5.96. The minimum absolute atomic E-state index is 0.0358. The Morgan fingerprint density at radius 1 is 0.804 bits per heavy atom. The third kappa shape index (κ3) is 11.6. The van der Waals surface area contributed by atoms with Crippen LogP contribution in [0.15, 0.2) is 0 Å². The summed E-state index contributed by atoms with van der Waals surface area (Å²) in [6.07, 6.45) is 11.4. The molecule has 1 heterocycles. The highest BCUT2D eigenvalue weighted by Crippen LogP contribution is 2.32. The Morgan fingerprint density at radius 3 is 2.02 bits per heavy atom. The average Bonchev–Trinajstić information content (AvgIpc) is 3.11. The van der Waals surface area contributed by atoms with Crippen LogP contribution < -0.4 is 32.7 Å². The van der Waals surface area contributed by atoms with Crippen molar-refractivity contribution in [2.75, 3.05) is 20.2 Å². The number of amides is 5. The lowest BCUT2D eigenvalue weighted by molar-refractivity contribution is -0.151. The number of carbonyl (C=O) groups is 5. The molecule has 0 aromatic rings. The van der Waals surface area contributed by atoms with Gasteiger partial charge in [-0.25, -0.2) is 0 Å². The zero-order chi connectivity index (χ0) is 37.1. The van der Waals surface area contributed by atoms with E-state index in [2.05, 4.69) is 21.3 Å². The zero-order valence-corrected chi connectivity index (χ0v) is 31.3. The van der Waals surface area contributed by atoms with Crippen LogP contribution in [-0.2, 0) is 33.4 Å². The summed E-state index contributed by atoms with van der Waals surface area (Å²) in [5, 5.41) is 11.4. The Morgan fingerprint density at radius 2 is 1.41 bits per heavy atom. The molecule has 3 saturated carbocycles. The first-order valence-electron chi connectivity index (χ1n) is 19.6. The van der Waals surface area contributed by atoms with Gasteiger partial charge in [-0.2, -0.15) is 0 Å². The number of nitrogens with one attached hydrogen (secondary N) is 4. The molecule has 0 bridgehead atoms. The normalized spacial score (nSPS) is 34.7. The quantitative estimate of drug-likeness (QED) is 0.204. The summed E-state index contributed by atoms with van der Waals surface area (Å²) in [7, 11) is 1.64. The molecule has 8 N–H and O–H groups in total. The maximum Gasteiger partial charge on any atom is 0.246 e. The Hall–Kier alpha value is -2.81. The van der Waals surface area contributed by atoms with Gasteiger partial charge in [0.1, 0.15) is 30.4 Å². The van der Waals surface area contributed by atoms with E-state index in [4.69, 9.17) is 20.9 Å². The minimum atomic E-state index is -1.17.